The van der Waals surface area contributed by atoms with Crippen LogP contribution in [0.15, 0.2) is 58.5 Å². The van der Waals surface area contributed by atoms with Crippen molar-refractivity contribution in [3.63, 3.8) is 0 Å². The van der Waals surface area contributed by atoms with Crippen molar-refractivity contribution in [2.24, 2.45) is 33.4 Å². The van der Waals surface area contributed by atoms with Gasteiger partial charge in [-0.15, -0.1) is 0 Å². The first kappa shape index (κ1) is 79.8. The summed E-state index contributed by atoms with van der Waals surface area (Å²) in [6, 6.07) is 0. The highest BCUT2D eigenvalue weighted by Crippen LogP contribution is 2.64. The summed E-state index contributed by atoms with van der Waals surface area (Å²) in [4.78, 5) is 44.7. The number of ketones is 2. The van der Waals surface area contributed by atoms with E-state index in [1.54, 1.807) is 105 Å². The number of hydrogen-bond acceptors (Lipinski definition) is 25. The molecular weight excluding hydrogens is 1240 g/mol. The second-order valence-corrected chi connectivity index (χ2v) is 33.2. The van der Waals surface area contributed by atoms with Crippen molar-refractivity contribution in [3.8, 4) is 0 Å². The summed E-state index contributed by atoms with van der Waals surface area (Å²) >= 11 is 0. The topological polar surface area (TPSA) is 409 Å². The molecule has 6 heterocycles. The lowest BCUT2D eigenvalue weighted by Gasteiger charge is -2.72. The molecule has 1 aliphatic carbocycles. The second-order valence-electron chi connectivity index (χ2n) is 33.2. The van der Waals surface area contributed by atoms with Crippen molar-refractivity contribution in [1.29, 1.82) is 0 Å². The summed E-state index contributed by atoms with van der Waals surface area (Å²) in [6.45, 7) is 30.1. The van der Waals surface area contributed by atoms with Crippen LogP contribution in [0.5, 0.6) is 0 Å². The molecular formula is C71H118N4O21. The fraction of sp³-hybridized carbons (Fsp3) is 0.817. The molecule has 16 N–H and O–H groups in total. The molecule has 4 fully saturated rings. The maximum absolute atomic E-state index is 15.4. The van der Waals surface area contributed by atoms with Gasteiger partial charge >= 0.3 is 5.97 Å². The van der Waals surface area contributed by atoms with Crippen LogP contribution in [0.3, 0.4) is 0 Å². The van der Waals surface area contributed by atoms with Gasteiger partial charge < -0.3 is 111 Å². The van der Waals surface area contributed by atoms with E-state index in [0.29, 0.717) is 17.7 Å². The molecule has 9 unspecified atom stereocenters. The predicted molar refractivity (Wildman–Crippen MR) is 355 cm³/mol. The molecule has 25 heteroatoms. The van der Waals surface area contributed by atoms with Crippen molar-refractivity contribution in [2.45, 2.75) is 286 Å². The monoisotopic (exact) mass is 1360 g/mol. The number of aliphatic hydroxyl groups excluding tert-OH is 4. The van der Waals surface area contributed by atoms with Crippen LogP contribution in [0.4, 0.5) is 0 Å². The van der Waals surface area contributed by atoms with Gasteiger partial charge in [-0.25, -0.2) is 4.79 Å². The zero-order valence-corrected chi connectivity index (χ0v) is 61.4. The Morgan fingerprint density at radius 3 is 1.36 bits per heavy atom. The Balaban J connectivity index is 1.34. The lowest BCUT2D eigenvalue weighted by atomic mass is 9.50. The van der Waals surface area contributed by atoms with E-state index < -0.39 is 187 Å². The third-order valence-corrected chi connectivity index (χ3v) is 27.7. The first-order valence-corrected chi connectivity index (χ1v) is 33.6. The van der Waals surface area contributed by atoms with E-state index in [-0.39, 0.29) is 36.4 Å². The van der Waals surface area contributed by atoms with Crippen LogP contribution in [0.25, 0.3) is 0 Å². The number of allylic oxidation sites excluding steroid dienone is 4. The Hall–Kier alpha value is -3.49. The van der Waals surface area contributed by atoms with Crippen LogP contribution in [0.2, 0.25) is 0 Å². The van der Waals surface area contributed by atoms with Crippen LogP contribution in [0, 0.1) is 16.2 Å². The third kappa shape index (κ3) is 10.1. The maximum Gasteiger partial charge on any atom is 0.343 e. The number of nitrogens with zero attached hydrogens (tertiary/aromatic N) is 1. The van der Waals surface area contributed by atoms with Gasteiger partial charge in [0.15, 0.2) is 17.2 Å². The minimum atomic E-state index is -2.24. The van der Waals surface area contributed by atoms with E-state index in [1.165, 1.54) is 82.4 Å². The normalized spacial score (nSPS) is 50.5. The van der Waals surface area contributed by atoms with E-state index in [0.717, 1.165) is 12.8 Å². The molecule has 0 amide bonds. The zero-order valence-electron chi connectivity index (χ0n) is 61.4. The average molecular weight is 1360 g/mol. The Morgan fingerprint density at radius 2 is 0.917 bits per heavy atom. The highest BCUT2D eigenvalue weighted by Gasteiger charge is 2.79. The van der Waals surface area contributed by atoms with Crippen molar-refractivity contribution >= 4 is 17.5 Å². The van der Waals surface area contributed by atoms with Gasteiger partial charge in [-0.1, -0.05) is 46.6 Å². The number of fused-ring (bicyclic) bond motifs is 2. The van der Waals surface area contributed by atoms with Gasteiger partial charge in [0.1, 0.15) is 50.3 Å². The molecule has 21 atom stereocenters. The first-order chi connectivity index (χ1) is 43.2. The molecule has 0 aromatic carbocycles. The van der Waals surface area contributed by atoms with E-state index in [1.807, 2.05) is 6.92 Å². The maximum atomic E-state index is 15.4. The van der Waals surface area contributed by atoms with Crippen molar-refractivity contribution in [2.75, 3.05) is 66.1 Å². The molecule has 25 nitrogen and oxygen atoms in total. The molecule has 0 radical (unpaired) electrons. The summed E-state index contributed by atoms with van der Waals surface area (Å²) in [5, 5.41) is 121. The number of rotatable bonds is 23. The summed E-state index contributed by atoms with van der Waals surface area (Å²) in [6.07, 6.45) is 10.5. The van der Waals surface area contributed by atoms with Crippen LogP contribution >= 0.6 is 0 Å². The highest BCUT2D eigenvalue weighted by molar-refractivity contribution is 6.25. The van der Waals surface area contributed by atoms with Gasteiger partial charge in [-0.3, -0.25) is 9.59 Å². The number of carbonyl (C=O) groups is 3. The highest BCUT2D eigenvalue weighted by atomic mass is 16.7. The van der Waals surface area contributed by atoms with Gasteiger partial charge in [0.2, 0.25) is 5.78 Å². The van der Waals surface area contributed by atoms with Crippen molar-refractivity contribution < 1.29 is 103 Å². The van der Waals surface area contributed by atoms with Gasteiger partial charge in [0.05, 0.1) is 127 Å². The number of unbranched alkanes of at least 4 members (excludes halogenated alkanes) is 2. The van der Waals surface area contributed by atoms with Crippen LogP contribution in [-0.2, 0) is 52.3 Å². The van der Waals surface area contributed by atoms with E-state index in [9.17, 15) is 60.7 Å². The minimum absolute atomic E-state index is 0.0334. The predicted octanol–water partition coefficient (Wildman–Crippen LogP) is 2.76. The standard InChI is InChI=1S/C71H118N4O21/c1-24-26-27-29-47(80)48-46-31-43-30-44(28-25-2)75(32-45(43)49(81)61(46,13)92-50(48)82)65(17)60(12,94-55(7,34-77)53(5,68(65,20)85)39-90-41-59(11)63(15,73)70(22,87)69(21,86)57(9,36-79)95-59)42-91-37-51(3)54(6,33-76)93-58(10,62(14,72)66(51,18)83)40-89-38-52(4)56(8,35-78)96-71(23,88)64(16,74)67(52,19)84/h25,28,30-32,76-79,83-88H,24,26-27,29,33-42,72-74H2,1-23H3/b28-25+/t51-,52-,53-,54?,55?,56?,57?,58+,59+,60+,61?,62?,63?,64?,65?,66-,67-,68-,69-,70+,71-/m1/s1. The molecule has 0 saturated carbocycles. The Labute approximate surface area is 567 Å². The molecule has 0 aromatic rings. The minimum Gasteiger partial charge on any atom is -0.442 e. The molecule has 7 aliphatic rings. The largest absolute Gasteiger partial charge is 0.442 e. The second kappa shape index (κ2) is 24.1. The lowest BCUT2D eigenvalue weighted by molar-refractivity contribution is -0.408. The number of Topliss-reactive ketones (excluding diaryl/α,β-unsaturated/α-hetero) is 2. The quantitative estimate of drug-likeness (QED) is 0.0397. The Bertz CT molecular complexity index is 3240. The van der Waals surface area contributed by atoms with E-state index in [2.05, 4.69) is 0 Å². The molecule has 0 aromatic heterocycles. The van der Waals surface area contributed by atoms with Crippen LogP contribution < -0.4 is 17.2 Å². The van der Waals surface area contributed by atoms with E-state index >= 15 is 4.79 Å². The third-order valence-electron chi connectivity index (χ3n) is 27.7. The number of hydrogen-bond donors (Lipinski definition) is 13. The van der Waals surface area contributed by atoms with Gasteiger partial charge in [0.25, 0.3) is 0 Å². The Kier molecular flexibility index (Phi) is 20.0. The molecule has 0 spiro atoms. The van der Waals surface area contributed by atoms with Gasteiger partial charge in [-0.05, 0) is 162 Å². The molecule has 0 bridgehead atoms. The molecule has 96 heavy (non-hydrogen) atoms. The smallest absolute Gasteiger partial charge is 0.343 e. The summed E-state index contributed by atoms with van der Waals surface area (Å²) < 4.78 is 53.2. The number of aliphatic hydroxyl groups is 10. The summed E-state index contributed by atoms with van der Waals surface area (Å²) in [5.41, 5.74) is -15.5. The number of esters is 1. The van der Waals surface area contributed by atoms with Gasteiger partial charge in [-0.2, -0.15) is 0 Å². The fourth-order valence-corrected chi connectivity index (χ4v) is 17.0. The van der Waals surface area contributed by atoms with E-state index in [4.69, 9.17) is 55.1 Å². The molecule has 6 aliphatic heterocycles. The van der Waals surface area contributed by atoms with Crippen molar-refractivity contribution in [3.05, 3.63) is 58.5 Å². The summed E-state index contributed by atoms with van der Waals surface area (Å²) in [7, 11) is 0. The number of ether oxygens (including phenoxy) is 8. The lowest BCUT2D eigenvalue weighted by Crippen LogP contribution is -2.88. The number of nitrogens with two attached hydrogens (primary N) is 3. The van der Waals surface area contributed by atoms with Crippen molar-refractivity contribution in [1.82, 2.24) is 4.90 Å². The van der Waals surface area contributed by atoms with Gasteiger partial charge in [0, 0.05) is 29.5 Å². The molecule has 7 rings (SSSR count). The Morgan fingerprint density at radius 1 is 0.510 bits per heavy atom. The summed E-state index contributed by atoms with van der Waals surface area (Å²) in [5.74, 6) is -4.16. The number of carbonyl (C=O) groups excluding carboxylic acids is 3. The fourth-order valence-electron chi connectivity index (χ4n) is 17.0. The first-order valence-electron chi connectivity index (χ1n) is 33.6. The van der Waals surface area contributed by atoms with Crippen LogP contribution in [-0.4, -0.2) is 240 Å². The average Bonchev–Trinajstić information content (AvgIpc) is 0.795. The SMILES string of the molecule is C/C=C/C1=CC2=CC3=C(C(=O)CCCCC)C(=O)OC3(C)C(=O)C2=CN1C1(C)[C@](C)(O)[C@](C)(COC[C@]2(C)OC(C)(CO)[C@@](C)(O)[C@@](C)(O)C2(C)N)C(C)(CO)O[C@@]1(C)COC[C@]1(C)C(C)(CO)O[C@@](C)(COC[C@]2(C)C(C)(CO)O[C@@](C)(O)C(C)(N)[C@]2(C)O)C(C)(N)[C@]1(C)O. The zero-order chi connectivity index (χ0) is 73.8. The van der Waals surface area contributed by atoms with Crippen LogP contribution in [0.1, 0.15) is 185 Å². The molecule has 548 valence electrons. The molecule has 4 saturated heterocycles.